The monoisotopic (exact) mass is 484 g/mol. The van der Waals surface area contributed by atoms with Crippen molar-refractivity contribution in [2.24, 2.45) is 0 Å². The van der Waals surface area contributed by atoms with E-state index in [0.717, 1.165) is 40.6 Å². The second-order valence-corrected chi connectivity index (χ2v) is 8.31. The molecule has 1 atom stereocenters. The lowest BCUT2D eigenvalue weighted by molar-refractivity contribution is 0.273. The maximum Gasteiger partial charge on any atom is 0.316 e. The Morgan fingerprint density at radius 3 is 2.00 bits per heavy atom. The maximum absolute atomic E-state index is 10.3. The Morgan fingerprint density at radius 2 is 1.42 bits per heavy atom. The zero-order valence-corrected chi connectivity index (χ0v) is 18.1. The standard InChI is InChI=1S/C17H27Br2O4P/c18-15-10-11-16(19)17(14-15)22-12-8-6-4-2-1-3-5-7-9-13-23-24(20)21/h10-11,14,24H,1-9,12-13H2,(H,20,21). The summed E-state index contributed by atoms with van der Waals surface area (Å²) >= 11 is 6.94. The van der Waals surface area contributed by atoms with Crippen LogP contribution in [-0.4, -0.2) is 18.1 Å². The normalized spacial score (nSPS) is 12.3. The van der Waals surface area contributed by atoms with Crippen LogP contribution in [0.25, 0.3) is 0 Å². The van der Waals surface area contributed by atoms with Crippen LogP contribution < -0.4 is 4.74 Å². The summed E-state index contributed by atoms with van der Waals surface area (Å²) in [5.74, 6) is 0.889. The van der Waals surface area contributed by atoms with Crippen molar-refractivity contribution >= 4 is 40.1 Å². The lowest BCUT2D eigenvalue weighted by Crippen LogP contribution is -1.98. The number of ether oxygens (including phenoxy) is 1. The van der Waals surface area contributed by atoms with Gasteiger partial charge in [0.25, 0.3) is 0 Å². The Hall–Kier alpha value is 0.130. The topological polar surface area (TPSA) is 55.8 Å². The quantitative estimate of drug-likeness (QED) is 0.241. The highest BCUT2D eigenvalue weighted by Gasteiger charge is 2.01. The van der Waals surface area contributed by atoms with E-state index in [9.17, 15) is 4.57 Å². The third-order valence-corrected chi connectivity index (χ3v) is 5.26. The Bertz CT molecular complexity index is 486. The van der Waals surface area contributed by atoms with E-state index in [0.29, 0.717) is 6.61 Å². The fourth-order valence-electron chi connectivity index (χ4n) is 2.37. The molecule has 0 saturated carbocycles. The third-order valence-electron chi connectivity index (χ3n) is 3.67. The molecule has 138 valence electrons. The van der Waals surface area contributed by atoms with Crippen LogP contribution in [0.3, 0.4) is 0 Å². The lowest BCUT2D eigenvalue weighted by atomic mass is 10.1. The molecule has 24 heavy (non-hydrogen) atoms. The average Bonchev–Trinajstić information content (AvgIpc) is 2.54. The molecule has 1 aromatic rings. The summed E-state index contributed by atoms with van der Waals surface area (Å²) in [5.41, 5.74) is 0. The number of hydrogen-bond acceptors (Lipinski definition) is 3. The van der Waals surface area contributed by atoms with Gasteiger partial charge in [0.2, 0.25) is 0 Å². The molecule has 0 saturated heterocycles. The number of benzene rings is 1. The van der Waals surface area contributed by atoms with Gasteiger partial charge in [0.05, 0.1) is 17.7 Å². The Kier molecular flexibility index (Phi) is 13.2. The van der Waals surface area contributed by atoms with Crippen molar-refractivity contribution in [3.8, 4) is 5.75 Å². The number of unbranched alkanes of at least 4 members (excludes halogenated alkanes) is 8. The van der Waals surface area contributed by atoms with E-state index in [-0.39, 0.29) is 0 Å². The van der Waals surface area contributed by atoms with Gasteiger partial charge < -0.3 is 14.2 Å². The van der Waals surface area contributed by atoms with Gasteiger partial charge >= 0.3 is 8.25 Å². The van der Waals surface area contributed by atoms with E-state index >= 15 is 0 Å². The van der Waals surface area contributed by atoms with Crippen LogP contribution in [0.5, 0.6) is 5.75 Å². The molecule has 1 rings (SSSR count). The van der Waals surface area contributed by atoms with Crippen molar-refractivity contribution in [1.29, 1.82) is 0 Å². The van der Waals surface area contributed by atoms with Gasteiger partial charge in [-0.1, -0.05) is 60.9 Å². The molecule has 1 aromatic carbocycles. The molecular weight excluding hydrogens is 459 g/mol. The summed E-state index contributed by atoms with van der Waals surface area (Å²) in [6.07, 6.45) is 10.4. The number of hydrogen-bond donors (Lipinski definition) is 1. The Labute approximate surface area is 162 Å². The van der Waals surface area contributed by atoms with Crippen molar-refractivity contribution in [2.45, 2.75) is 57.8 Å². The summed E-state index contributed by atoms with van der Waals surface area (Å²) in [7, 11) is -2.73. The van der Waals surface area contributed by atoms with E-state index in [1.165, 1.54) is 38.5 Å². The Balaban J connectivity index is 1.87. The molecule has 4 nitrogen and oxygen atoms in total. The van der Waals surface area contributed by atoms with Gasteiger partial charge in [-0.15, -0.1) is 0 Å². The summed E-state index contributed by atoms with van der Waals surface area (Å²) in [4.78, 5) is 8.51. The highest BCUT2D eigenvalue weighted by molar-refractivity contribution is 9.11. The first-order valence-electron chi connectivity index (χ1n) is 8.53. The van der Waals surface area contributed by atoms with Gasteiger partial charge in [0, 0.05) is 4.47 Å². The summed E-state index contributed by atoms with van der Waals surface area (Å²) in [6, 6.07) is 5.95. The van der Waals surface area contributed by atoms with Crippen LogP contribution in [0.2, 0.25) is 0 Å². The van der Waals surface area contributed by atoms with Crippen LogP contribution in [0.15, 0.2) is 27.1 Å². The van der Waals surface area contributed by atoms with Crippen molar-refractivity contribution in [1.82, 2.24) is 0 Å². The van der Waals surface area contributed by atoms with Crippen molar-refractivity contribution in [3.05, 3.63) is 27.1 Å². The minimum absolute atomic E-state index is 0.405. The predicted octanol–water partition coefficient (Wildman–Crippen LogP) is 6.50. The molecule has 0 spiro atoms. The maximum atomic E-state index is 10.3. The van der Waals surface area contributed by atoms with Crippen LogP contribution >= 0.6 is 40.1 Å². The van der Waals surface area contributed by atoms with E-state index < -0.39 is 8.25 Å². The number of rotatable bonds is 14. The lowest BCUT2D eigenvalue weighted by Gasteiger charge is -2.08. The molecule has 0 aliphatic heterocycles. The second-order valence-electron chi connectivity index (χ2n) is 5.72. The minimum atomic E-state index is -2.73. The smallest absolute Gasteiger partial charge is 0.316 e. The molecule has 0 fully saturated rings. The van der Waals surface area contributed by atoms with Crippen LogP contribution in [0, 0.1) is 0 Å². The van der Waals surface area contributed by atoms with Gasteiger partial charge in [0.1, 0.15) is 5.75 Å². The molecule has 0 amide bonds. The average molecular weight is 486 g/mol. The Morgan fingerprint density at radius 1 is 0.875 bits per heavy atom. The number of halogens is 2. The third kappa shape index (κ3) is 11.6. The SMILES string of the molecule is O=[PH](O)OCCCCCCCCCCCOc1cc(Br)ccc1Br. The van der Waals surface area contributed by atoms with Crippen LogP contribution in [0.4, 0.5) is 0 Å². The fraction of sp³-hybridized carbons (Fsp3) is 0.647. The molecule has 0 aliphatic rings. The van der Waals surface area contributed by atoms with E-state index in [1.807, 2.05) is 18.2 Å². The highest BCUT2D eigenvalue weighted by Crippen LogP contribution is 2.28. The molecule has 0 radical (unpaired) electrons. The molecule has 1 N–H and O–H groups in total. The summed E-state index contributed by atoms with van der Waals surface area (Å²) < 4.78 is 22.8. The zero-order valence-electron chi connectivity index (χ0n) is 13.9. The van der Waals surface area contributed by atoms with Crippen molar-refractivity contribution in [2.75, 3.05) is 13.2 Å². The molecular formula is C17H27Br2O4P. The minimum Gasteiger partial charge on any atom is -0.492 e. The van der Waals surface area contributed by atoms with Gasteiger partial charge in [-0.25, -0.2) is 0 Å². The first-order chi connectivity index (χ1) is 11.6. The summed E-state index contributed by atoms with van der Waals surface area (Å²) in [5, 5.41) is 0. The first-order valence-corrected chi connectivity index (χ1v) is 11.4. The van der Waals surface area contributed by atoms with Crippen molar-refractivity contribution in [3.63, 3.8) is 0 Å². The zero-order chi connectivity index (χ0) is 17.6. The molecule has 0 aromatic heterocycles. The largest absolute Gasteiger partial charge is 0.492 e. The van der Waals surface area contributed by atoms with Gasteiger partial charge in [-0.3, -0.25) is 4.57 Å². The van der Waals surface area contributed by atoms with Crippen LogP contribution in [0.1, 0.15) is 57.8 Å². The second kappa shape index (κ2) is 14.3. The highest BCUT2D eigenvalue weighted by atomic mass is 79.9. The molecule has 0 aliphatic carbocycles. The molecule has 1 unspecified atom stereocenters. The molecule has 0 bridgehead atoms. The summed E-state index contributed by atoms with van der Waals surface area (Å²) in [6.45, 7) is 1.16. The van der Waals surface area contributed by atoms with Crippen LogP contribution in [-0.2, 0) is 9.09 Å². The van der Waals surface area contributed by atoms with Gasteiger partial charge in [0.15, 0.2) is 0 Å². The van der Waals surface area contributed by atoms with Gasteiger partial charge in [-0.2, -0.15) is 0 Å². The fourth-order valence-corrected chi connectivity index (χ4v) is 3.39. The van der Waals surface area contributed by atoms with E-state index in [4.69, 9.17) is 9.63 Å². The van der Waals surface area contributed by atoms with Gasteiger partial charge in [-0.05, 0) is 47.0 Å². The van der Waals surface area contributed by atoms with E-state index in [1.54, 1.807) is 0 Å². The molecule has 7 heteroatoms. The molecule has 0 heterocycles. The van der Waals surface area contributed by atoms with E-state index in [2.05, 4.69) is 36.4 Å². The first kappa shape index (κ1) is 22.2. The predicted molar refractivity (Wildman–Crippen MR) is 106 cm³/mol. The van der Waals surface area contributed by atoms with Crippen molar-refractivity contribution < 1.29 is 18.7 Å².